The first kappa shape index (κ1) is 16.6. The molecule has 2 N–H and O–H groups in total. The molecule has 0 saturated carbocycles. The Labute approximate surface area is 130 Å². The minimum absolute atomic E-state index is 0.113. The molecule has 2 rings (SSSR count). The number of anilines is 1. The van der Waals surface area contributed by atoms with Crippen molar-refractivity contribution < 1.29 is 18.7 Å². The number of hydrogen-bond acceptors (Lipinski definition) is 4. The van der Waals surface area contributed by atoms with E-state index in [1.807, 2.05) is 27.7 Å². The van der Waals surface area contributed by atoms with Crippen LogP contribution in [0.15, 0.2) is 12.1 Å². The topological polar surface area (TPSA) is 50.7 Å². The number of hydrogen-bond donors (Lipinski definition) is 2. The maximum atomic E-state index is 14.6. The van der Waals surface area contributed by atoms with E-state index in [2.05, 4.69) is 5.23 Å². The second-order valence-corrected chi connectivity index (χ2v) is 6.70. The molecule has 1 aromatic carbocycles. The summed E-state index contributed by atoms with van der Waals surface area (Å²) >= 11 is 6.03. The van der Waals surface area contributed by atoms with Gasteiger partial charge < -0.3 is 19.6 Å². The monoisotopic (exact) mass is 313 g/mol. The first-order valence-corrected chi connectivity index (χ1v) is 7.20. The average Bonchev–Trinajstić information content (AvgIpc) is 2.52. The highest BCUT2D eigenvalue weighted by Gasteiger charge is 2.52. The van der Waals surface area contributed by atoms with Gasteiger partial charge in [0.15, 0.2) is 0 Å². The summed E-state index contributed by atoms with van der Waals surface area (Å²) in [6.45, 7) is 9.07. The molecule has 1 heterocycles. The van der Waals surface area contributed by atoms with E-state index in [4.69, 9.17) is 20.9 Å². The third-order valence-electron chi connectivity index (χ3n) is 3.94. The Balaban J connectivity index is 2.39. The van der Waals surface area contributed by atoms with Crippen LogP contribution in [0.25, 0.3) is 0 Å². The lowest BCUT2D eigenvalue weighted by Crippen LogP contribution is -2.41. The third-order valence-corrected chi connectivity index (χ3v) is 4.16. The number of benzene rings is 1. The molecule has 0 bridgehead atoms. The van der Waals surface area contributed by atoms with Crippen molar-refractivity contribution in [1.82, 2.24) is 0 Å². The van der Waals surface area contributed by atoms with Crippen LogP contribution in [0.1, 0.15) is 27.7 Å². The zero-order valence-corrected chi connectivity index (χ0v) is 13.6. The lowest BCUT2D eigenvalue weighted by atomic mass is 9.77. The lowest BCUT2D eigenvalue weighted by Gasteiger charge is -2.32. The Morgan fingerprint density at radius 3 is 2.24 bits per heavy atom. The zero-order valence-electron chi connectivity index (χ0n) is 12.8. The van der Waals surface area contributed by atoms with Crippen LogP contribution in [-0.2, 0) is 9.31 Å². The minimum atomic E-state index is -0.899. The Morgan fingerprint density at radius 2 is 1.76 bits per heavy atom. The fraction of sp³-hybridized carbons (Fsp3) is 0.538. The van der Waals surface area contributed by atoms with E-state index in [-0.39, 0.29) is 11.2 Å². The fourth-order valence-electron chi connectivity index (χ4n) is 2.08. The van der Waals surface area contributed by atoms with E-state index in [0.29, 0.717) is 5.02 Å². The van der Waals surface area contributed by atoms with Crippen molar-refractivity contribution in [3.8, 4) is 0 Å². The van der Waals surface area contributed by atoms with Gasteiger partial charge in [-0.1, -0.05) is 11.6 Å². The van der Waals surface area contributed by atoms with Crippen LogP contribution in [0.3, 0.4) is 0 Å². The largest absolute Gasteiger partial charge is 0.497 e. The predicted octanol–water partition coefficient (Wildman–Crippen LogP) is 2.30. The Kier molecular flexibility index (Phi) is 4.32. The summed E-state index contributed by atoms with van der Waals surface area (Å²) in [5.74, 6) is -0.543. The Morgan fingerprint density at radius 1 is 1.24 bits per heavy atom. The number of nitrogens with one attached hydrogen (secondary N) is 1. The molecule has 0 unspecified atom stereocenters. The standard InChI is InChI=1S/C13H19B2ClFNO3/c1-12(2)13(3,4)21-15(20-12)9-6-8(16)7-10(11(9)17)18-14(5)19/h6-7,18-19H,1-5H3. The summed E-state index contributed by atoms with van der Waals surface area (Å²) in [5, 5.41) is 12.3. The van der Waals surface area contributed by atoms with E-state index in [9.17, 15) is 9.41 Å². The molecule has 0 aliphatic carbocycles. The molecule has 21 heavy (non-hydrogen) atoms. The van der Waals surface area contributed by atoms with E-state index >= 15 is 0 Å². The van der Waals surface area contributed by atoms with E-state index in [0.717, 1.165) is 0 Å². The highest BCUT2D eigenvalue weighted by Crippen LogP contribution is 2.37. The van der Waals surface area contributed by atoms with Crippen LogP contribution >= 0.6 is 11.6 Å². The molecular formula is C13H19B2ClFNO3. The first-order valence-electron chi connectivity index (χ1n) is 6.83. The van der Waals surface area contributed by atoms with Crippen LogP contribution in [0, 0.1) is 5.82 Å². The van der Waals surface area contributed by atoms with Gasteiger partial charge in [-0.15, -0.1) is 0 Å². The van der Waals surface area contributed by atoms with Crippen molar-refractivity contribution in [2.24, 2.45) is 0 Å². The van der Waals surface area contributed by atoms with Crippen LogP contribution in [0.4, 0.5) is 10.1 Å². The summed E-state index contributed by atoms with van der Waals surface area (Å²) in [6, 6.07) is 2.89. The van der Waals surface area contributed by atoms with Crippen LogP contribution in [-0.4, -0.2) is 30.4 Å². The van der Waals surface area contributed by atoms with E-state index in [1.165, 1.54) is 19.0 Å². The normalized spacial score (nSPS) is 19.7. The summed E-state index contributed by atoms with van der Waals surface area (Å²) in [4.78, 5) is 0. The maximum absolute atomic E-state index is 14.6. The molecule has 0 spiro atoms. The van der Waals surface area contributed by atoms with Gasteiger partial charge in [-0.05, 0) is 46.7 Å². The highest BCUT2D eigenvalue weighted by molar-refractivity contribution is 6.63. The Hall–Kier alpha value is -0.750. The van der Waals surface area contributed by atoms with E-state index < -0.39 is 31.2 Å². The molecule has 1 aliphatic heterocycles. The van der Waals surface area contributed by atoms with Crippen LogP contribution in [0.5, 0.6) is 0 Å². The second kappa shape index (κ2) is 5.47. The van der Waals surface area contributed by atoms with Gasteiger partial charge in [-0.3, -0.25) is 0 Å². The summed E-state index contributed by atoms with van der Waals surface area (Å²) in [7, 11) is -1.74. The van der Waals surface area contributed by atoms with Gasteiger partial charge in [0.05, 0.1) is 16.9 Å². The van der Waals surface area contributed by atoms with Gasteiger partial charge in [0, 0.05) is 10.5 Å². The van der Waals surface area contributed by atoms with E-state index in [1.54, 1.807) is 0 Å². The molecule has 8 heteroatoms. The second-order valence-electron chi connectivity index (χ2n) is 6.27. The van der Waals surface area contributed by atoms with Gasteiger partial charge in [0.2, 0.25) is 0 Å². The molecule has 0 radical (unpaired) electrons. The van der Waals surface area contributed by atoms with Crippen molar-refractivity contribution >= 4 is 36.9 Å². The average molecular weight is 313 g/mol. The number of halogens is 2. The van der Waals surface area contributed by atoms with Gasteiger partial charge in [-0.2, -0.15) is 0 Å². The molecule has 0 amide bonds. The van der Waals surface area contributed by atoms with Crippen LogP contribution in [0.2, 0.25) is 11.8 Å². The molecule has 0 atom stereocenters. The lowest BCUT2D eigenvalue weighted by molar-refractivity contribution is 0.00578. The SMILES string of the molecule is CB(O)Nc1cc(Cl)cc(B2OC(C)(C)C(C)(C)O2)c1F. The smallest absolute Gasteiger partial charge is 0.433 e. The van der Waals surface area contributed by atoms with Gasteiger partial charge >= 0.3 is 14.2 Å². The van der Waals surface area contributed by atoms with Crippen molar-refractivity contribution in [3.63, 3.8) is 0 Å². The van der Waals surface area contributed by atoms with Crippen molar-refractivity contribution in [2.75, 3.05) is 5.23 Å². The summed E-state index contributed by atoms with van der Waals surface area (Å²) in [6.07, 6.45) is 0. The minimum Gasteiger partial charge on any atom is -0.433 e. The zero-order chi connectivity index (χ0) is 16.0. The Bertz CT molecular complexity index is 538. The van der Waals surface area contributed by atoms with Gasteiger partial charge in [0.1, 0.15) is 5.82 Å². The molecule has 1 fully saturated rings. The van der Waals surface area contributed by atoms with Gasteiger partial charge in [-0.25, -0.2) is 4.39 Å². The first-order chi connectivity index (χ1) is 9.53. The molecule has 114 valence electrons. The molecule has 4 nitrogen and oxygen atoms in total. The van der Waals surface area contributed by atoms with Crippen molar-refractivity contribution in [1.29, 1.82) is 0 Å². The predicted molar refractivity (Wildman–Crippen MR) is 84.6 cm³/mol. The molecule has 1 aromatic rings. The van der Waals surface area contributed by atoms with Gasteiger partial charge in [0.25, 0.3) is 0 Å². The van der Waals surface area contributed by atoms with Crippen LogP contribution < -0.4 is 10.7 Å². The highest BCUT2D eigenvalue weighted by atomic mass is 35.5. The summed E-state index contributed by atoms with van der Waals surface area (Å²) in [5.41, 5.74) is -0.805. The molecule has 1 saturated heterocycles. The molecule has 1 aliphatic rings. The van der Waals surface area contributed by atoms with Crippen molar-refractivity contribution in [2.45, 2.75) is 45.7 Å². The summed E-state index contributed by atoms with van der Waals surface area (Å²) < 4.78 is 26.2. The molecule has 0 aromatic heterocycles. The number of rotatable bonds is 3. The quantitative estimate of drug-likeness (QED) is 0.841. The molecular weight excluding hydrogens is 294 g/mol. The maximum Gasteiger partial charge on any atom is 0.497 e. The fourth-order valence-corrected chi connectivity index (χ4v) is 2.31. The third kappa shape index (κ3) is 3.21. The van der Waals surface area contributed by atoms with Crippen molar-refractivity contribution in [3.05, 3.63) is 23.0 Å².